The van der Waals surface area contributed by atoms with E-state index < -0.39 is 5.41 Å². The van der Waals surface area contributed by atoms with Crippen LogP contribution < -0.4 is 0 Å². The summed E-state index contributed by atoms with van der Waals surface area (Å²) in [6.07, 6.45) is 5.87. The molecular weight excluding hydrogens is 868 g/mol. The lowest BCUT2D eigenvalue weighted by Crippen LogP contribution is -2.23. The predicted octanol–water partition coefficient (Wildman–Crippen LogP) is 4.22. The molecule has 0 atom stereocenters. The molecule has 66 heavy (non-hydrogen) atoms. The van der Waals surface area contributed by atoms with Crippen molar-refractivity contribution in [1.82, 2.24) is 0 Å². The van der Waals surface area contributed by atoms with E-state index in [1.807, 2.05) is 20.8 Å². The molecule has 0 bridgehead atoms. The minimum absolute atomic E-state index is 0.181. The highest BCUT2D eigenvalue weighted by Crippen LogP contribution is 2.15. The first-order chi connectivity index (χ1) is 32.5. The van der Waals surface area contributed by atoms with Crippen LogP contribution in [-0.2, 0) is 90.1 Å². The molecule has 0 aliphatic carbocycles. The molecule has 0 saturated heterocycles. The third-order valence-corrected chi connectivity index (χ3v) is 8.52. The molecule has 0 heterocycles. The zero-order chi connectivity index (χ0) is 47.8. The number of ether oxygens (including phenoxy) is 18. The molecule has 0 rings (SSSR count). The Kier molecular flexibility index (Phi) is 55.3. The van der Waals surface area contributed by atoms with Gasteiger partial charge in [-0.25, -0.2) is 0 Å². The van der Waals surface area contributed by atoms with Crippen molar-refractivity contribution in [3.63, 3.8) is 0 Å². The van der Waals surface area contributed by atoms with E-state index in [2.05, 4.69) is 0 Å². The van der Waals surface area contributed by atoms with Gasteiger partial charge in [0, 0.05) is 99.4 Å². The molecule has 0 spiro atoms. The van der Waals surface area contributed by atoms with E-state index in [1.54, 1.807) is 7.11 Å². The fraction of sp³-hybridized carbons (Fsp3) is 0.979. The number of hydrogen-bond donors (Lipinski definition) is 0. The molecule has 0 unspecified atom stereocenters. The van der Waals surface area contributed by atoms with E-state index in [0.717, 1.165) is 38.5 Å². The second-order valence-electron chi connectivity index (χ2n) is 15.7. The third kappa shape index (κ3) is 57.1. The molecule has 396 valence electrons. The van der Waals surface area contributed by atoms with Crippen molar-refractivity contribution in [2.45, 2.75) is 65.7 Å². The van der Waals surface area contributed by atoms with Gasteiger partial charge >= 0.3 is 5.97 Å². The van der Waals surface area contributed by atoms with Crippen molar-refractivity contribution >= 4 is 5.97 Å². The fourth-order valence-electron chi connectivity index (χ4n) is 4.96. The molecule has 0 fully saturated rings. The maximum Gasteiger partial charge on any atom is 0.311 e. The Hall–Kier alpha value is -1.21. The first-order valence-electron chi connectivity index (χ1n) is 24.4. The van der Waals surface area contributed by atoms with Crippen LogP contribution in [0.15, 0.2) is 0 Å². The number of rotatable bonds is 58. The van der Waals surface area contributed by atoms with Crippen LogP contribution in [-0.4, -0.2) is 238 Å². The third-order valence-electron chi connectivity index (χ3n) is 8.52. The molecule has 0 aliphatic heterocycles. The van der Waals surface area contributed by atoms with Gasteiger partial charge in [0.25, 0.3) is 0 Å². The summed E-state index contributed by atoms with van der Waals surface area (Å²) < 4.78 is 98.8. The Labute approximate surface area is 398 Å². The highest BCUT2D eigenvalue weighted by molar-refractivity contribution is 5.75. The number of hydrogen-bond acceptors (Lipinski definition) is 19. The van der Waals surface area contributed by atoms with E-state index in [-0.39, 0.29) is 5.97 Å². The average molecular weight is 963 g/mol. The maximum absolute atomic E-state index is 11.7. The summed E-state index contributed by atoms with van der Waals surface area (Å²) in [5.41, 5.74) is -0.463. The van der Waals surface area contributed by atoms with E-state index >= 15 is 0 Å². The summed E-state index contributed by atoms with van der Waals surface area (Å²) in [7, 11) is 1.65. The zero-order valence-corrected chi connectivity index (χ0v) is 41.7. The summed E-state index contributed by atoms with van der Waals surface area (Å²) in [5, 5.41) is 0. The highest BCUT2D eigenvalue weighted by Gasteiger charge is 2.22. The van der Waals surface area contributed by atoms with Gasteiger partial charge in [-0.3, -0.25) is 4.79 Å². The smallest absolute Gasteiger partial charge is 0.311 e. The van der Waals surface area contributed by atoms with E-state index in [1.165, 1.54) is 0 Å². The lowest BCUT2D eigenvalue weighted by Gasteiger charge is -2.16. The quantitative estimate of drug-likeness (QED) is 0.0623. The van der Waals surface area contributed by atoms with Crippen molar-refractivity contribution in [1.29, 1.82) is 0 Å². The summed E-state index contributed by atoms with van der Waals surface area (Å²) in [6.45, 7) is 25.1. The van der Waals surface area contributed by atoms with Crippen LogP contribution in [0.3, 0.4) is 0 Å². The van der Waals surface area contributed by atoms with Crippen LogP contribution in [0.1, 0.15) is 65.7 Å². The van der Waals surface area contributed by atoms with Gasteiger partial charge < -0.3 is 85.3 Å². The number of methoxy groups -OCH3 is 1. The van der Waals surface area contributed by atoms with E-state index in [9.17, 15) is 4.79 Å². The molecule has 0 saturated carbocycles. The van der Waals surface area contributed by atoms with Crippen LogP contribution in [0.5, 0.6) is 0 Å². The second-order valence-corrected chi connectivity index (χ2v) is 15.7. The normalized spacial score (nSPS) is 11.9. The van der Waals surface area contributed by atoms with Crippen LogP contribution in [0.4, 0.5) is 0 Å². The Balaban J connectivity index is 3.09. The van der Waals surface area contributed by atoms with Gasteiger partial charge in [0.1, 0.15) is 0 Å². The Morgan fingerprint density at radius 1 is 0.242 bits per heavy atom. The molecule has 19 heteroatoms. The minimum Gasteiger partial charge on any atom is -0.465 e. The topological polar surface area (TPSA) is 183 Å². The lowest BCUT2D eigenvalue weighted by molar-refractivity contribution is -0.153. The maximum atomic E-state index is 11.7. The standard InChI is InChI=1S/C47H94O19/c1-47(2,3)46(48)66-25-11-24-55-21-9-20-53-17-7-16-51-13-5-12-50-14-6-15-52-18-8-19-54-22-10-23-56-28-29-58-32-33-60-36-37-62-40-41-64-44-45-65-43-42-63-39-38-61-35-34-59-31-30-57-27-26-49-4/h5-45H2,1-4H3. The van der Waals surface area contributed by atoms with Crippen molar-refractivity contribution in [3.05, 3.63) is 0 Å². The van der Waals surface area contributed by atoms with Gasteiger partial charge in [-0.2, -0.15) is 0 Å². The monoisotopic (exact) mass is 963 g/mol. The Morgan fingerprint density at radius 3 is 0.576 bits per heavy atom. The van der Waals surface area contributed by atoms with Crippen molar-refractivity contribution < 1.29 is 90.1 Å². The zero-order valence-electron chi connectivity index (χ0n) is 41.7. The number of carbonyl (C=O) groups is 1. The van der Waals surface area contributed by atoms with Crippen molar-refractivity contribution in [2.24, 2.45) is 5.41 Å². The molecule has 0 radical (unpaired) electrons. The molecular formula is C47H94O19. The predicted molar refractivity (Wildman–Crippen MR) is 248 cm³/mol. The number of carbonyl (C=O) groups excluding carboxylic acids is 1. The Morgan fingerprint density at radius 2 is 0.394 bits per heavy atom. The lowest BCUT2D eigenvalue weighted by atomic mass is 9.97. The van der Waals surface area contributed by atoms with Gasteiger partial charge in [0.2, 0.25) is 0 Å². The van der Waals surface area contributed by atoms with Gasteiger partial charge in [0.05, 0.1) is 144 Å². The average Bonchev–Trinajstić information content (AvgIpc) is 3.30. The summed E-state index contributed by atoms with van der Waals surface area (Å²) in [5.74, 6) is -0.181. The molecule has 19 nitrogen and oxygen atoms in total. The van der Waals surface area contributed by atoms with Crippen LogP contribution >= 0.6 is 0 Å². The van der Waals surface area contributed by atoms with Gasteiger partial charge in [-0.05, 0) is 59.3 Å². The van der Waals surface area contributed by atoms with E-state index in [0.29, 0.717) is 231 Å². The van der Waals surface area contributed by atoms with Gasteiger partial charge in [-0.1, -0.05) is 0 Å². The molecule has 0 aromatic rings. The summed E-state index contributed by atoms with van der Waals surface area (Å²) >= 11 is 0. The largest absolute Gasteiger partial charge is 0.465 e. The summed E-state index contributed by atoms with van der Waals surface area (Å²) in [4.78, 5) is 11.7. The van der Waals surface area contributed by atoms with Gasteiger partial charge in [-0.15, -0.1) is 0 Å². The van der Waals surface area contributed by atoms with Crippen molar-refractivity contribution in [2.75, 3.05) is 232 Å². The molecule has 0 N–H and O–H groups in total. The molecule has 0 aromatic heterocycles. The van der Waals surface area contributed by atoms with Crippen LogP contribution in [0, 0.1) is 5.41 Å². The second kappa shape index (κ2) is 56.4. The highest BCUT2D eigenvalue weighted by atomic mass is 16.6. The number of esters is 1. The first kappa shape index (κ1) is 64.8. The van der Waals surface area contributed by atoms with Crippen LogP contribution in [0.25, 0.3) is 0 Å². The minimum atomic E-state index is -0.463. The molecule has 0 aromatic carbocycles. The fourth-order valence-corrected chi connectivity index (χ4v) is 4.96. The Bertz CT molecular complexity index is 917. The first-order valence-corrected chi connectivity index (χ1v) is 24.4. The SMILES string of the molecule is COCCOCCOCCOCCOCCOCCOCCOCCOCCOCCOCCCOCCCOCCCOCCCOCCCOCCCOCCCOC(=O)C(C)(C)C. The van der Waals surface area contributed by atoms with Crippen LogP contribution in [0.2, 0.25) is 0 Å². The molecule has 0 aliphatic rings. The van der Waals surface area contributed by atoms with Gasteiger partial charge in [0.15, 0.2) is 0 Å². The van der Waals surface area contributed by atoms with Crippen molar-refractivity contribution in [3.8, 4) is 0 Å². The molecule has 0 amide bonds. The summed E-state index contributed by atoms with van der Waals surface area (Å²) in [6, 6.07) is 0. The van der Waals surface area contributed by atoms with E-state index in [4.69, 9.17) is 85.3 Å².